The molecule has 1 amide bonds. The van der Waals surface area contributed by atoms with E-state index < -0.39 is 6.09 Å². The Kier molecular flexibility index (Phi) is 4.70. The van der Waals surface area contributed by atoms with Crippen LogP contribution in [0.25, 0.3) is 10.9 Å². The Morgan fingerprint density at radius 1 is 1.17 bits per heavy atom. The molecule has 1 N–H and O–H groups in total. The number of amides is 1. The molecule has 0 bridgehead atoms. The maximum Gasteiger partial charge on any atom is 0.407 e. The molecule has 3 aromatic rings. The molecule has 0 atom stereocenters. The summed E-state index contributed by atoms with van der Waals surface area (Å²) in [6.07, 6.45) is 1.57. The highest BCUT2D eigenvalue weighted by Gasteiger charge is 2.10. The topological polar surface area (TPSA) is 52.5 Å². The van der Waals surface area contributed by atoms with Crippen LogP contribution in [0.5, 0.6) is 5.75 Å². The summed E-state index contributed by atoms with van der Waals surface area (Å²) in [5.74, 6) is 0.793. The molecule has 0 radical (unpaired) electrons. The van der Waals surface area contributed by atoms with Crippen LogP contribution in [0.2, 0.25) is 0 Å². The molecule has 24 heavy (non-hydrogen) atoms. The number of carbonyl (C=O) groups is 1. The van der Waals surface area contributed by atoms with E-state index in [9.17, 15) is 4.79 Å². The molecular formula is C19H20N2O3. The van der Waals surface area contributed by atoms with Crippen molar-refractivity contribution in [3.8, 4) is 5.75 Å². The number of fused-ring (bicyclic) bond motifs is 1. The number of aromatic nitrogens is 1. The van der Waals surface area contributed by atoms with Crippen LogP contribution >= 0.6 is 0 Å². The minimum absolute atomic E-state index is 0.260. The van der Waals surface area contributed by atoms with Crippen LogP contribution in [-0.2, 0) is 24.9 Å². The number of nitrogens with zero attached hydrogens (tertiary/aromatic N) is 1. The summed E-state index contributed by atoms with van der Waals surface area (Å²) in [5, 5.41) is 3.85. The monoisotopic (exact) mass is 324 g/mol. The van der Waals surface area contributed by atoms with Gasteiger partial charge in [-0.05, 0) is 29.3 Å². The third-order valence-corrected chi connectivity index (χ3v) is 3.92. The molecular weight excluding hydrogens is 304 g/mol. The standard InChI is InChI=1S/C19H20N2O3/c1-21-12-15(17-10-16(23-2)8-9-18(17)21)11-20-19(22)24-13-14-6-4-3-5-7-14/h3-10,12H,11,13H2,1-2H3,(H,20,22). The van der Waals surface area contributed by atoms with E-state index in [0.717, 1.165) is 27.8 Å². The van der Waals surface area contributed by atoms with Crippen molar-refractivity contribution in [2.75, 3.05) is 7.11 Å². The van der Waals surface area contributed by atoms with E-state index in [1.165, 1.54) is 0 Å². The van der Waals surface area contributed by atoms with Gasteiger partial charge >= 0.3 is 6.09 Å². The fourth-order valence-corrected chi connectivity index (χ4v) is 2.66. The average Bonchev–Trinajstić information content (AvgIpc) is 2.94. The van der Waals surface area contributed by atoms with Crippen molar-refractivity contribution in [3.63, 3.8) is 0 Å². The highest BCUT2D eigenvalue weighted by atomic mass is 16.5. The fraction of sp³-hybridized carbons (Fsp3) is 0.211. The van der Waals surface area contributed by atoms with Crippen LogP contribution in [0.1, 0.15) is 11.1 Å². The first-order chi connectivity index (χ1) is 11.7. The van der Waals surface area contributed by atoms with Crippen LogP contribution in [-0.4, -0.2) is 17.8 Å². The summed E-state index contributed by atoms with van der Waals surface area (Å²) in [7, 11) is 3.62. The lowest BCUT2D eigenvalue weighted by Crippen LogP contribution is -2.23. The van der Waals surface area contributed by atoms with Gasteiger partial charge < -0.3 is 19.4 Å². The number of nitrogens with one attached hydrogen (secondary N) is 1. The number of methoxy groups -OCH3 is 1. The molecule has 5 heteroatoms. The zero-order valence-corrected chi connectivity index (χ0v) is 13.8. The first kappa shape index (κ1) is 15.9. The number of ether oxygens (including phenoxy) is 2. The third kappa shape index (κ3) is 3.51. The summed E-state index contributed by atoms with van der Waals surface area (Å²) in [5.41, 5.74) is 3.07. The van der Waals surface area contributed by atoms with Gasteiger partial charge in [0.25, 0.3) is 0 Å². The van der Waals surface area contributed by atoms with Crippen molar-refractivity contribution in [1.29, 1.82) is 0 Å². The number of rotatable bonds is 5. The Morgan fingerprint density at radius 2 is 1.96 bits per heavy atom. The Labute approximate surface area is 140 Å². The molecule has 0 saturated heterocycles. The second kappa shape index (κ2) is 7.08. The van der Waals surface area contributed by atoms with E-state index >= 15 is 0 Å². The zero-order chi connectivity index (χ0) is 16.9. The summed E-state index contributed by atoms with van der Waals surface area (Å²) in [6, 6.07) is 15.5. The maximum atomic E-state index is 11.9. The lowest BCUT2D eigenvalue weighted by molar-refractivity contribution is 0.139. The lowest BCUT2D eigenvalue weighted by atomic mass is 10.1. The molecule has 0 fully saturated rings. The predicted molar refractivity (Wildman–Crippen MR) is 92.9 cm³/mol. The molecule has 0 aliphatic rings. The second-order valence-corrected chi connectivity index (χ2v) is 5.56. The normalized spacial score (nSPS) is 10.6. The Balaban J connectivity index is 1.63. The van der Waals surface area contributed by atoms with Crippen molar-refractivity contribution in [2.24, 2.45) is 7.05 Å². The highest BCUT2D eigenvalue weighted by Crippen LogP contribution is 2.25. The number of carbonyl (C=O) groups excluding carboxylic acids is 1. The SMILES string of the molecule is COc1ccc2c(c1)c(CNC(=O)OCc1ccccc1)cn2C. The largest absolute Gasteiger partial charge is 0.497 e. The number of hydrogen-bond donors (Lipinski definition) is 1. The molecule has 1 aromatic heterocycles. The van der Waals surface area contributed by atoms with Gasteiger partial charge in [-0.3, -0.25) is 0 Å². The molecule has 124 valence electrons. The quantitative estimate of drug-likeness (QED) is 0.780. The van der Waals surface area contributed by atoms with Gasteiger partial charge in [-0.1, -0.05) is 30.3 Å². The first-order valence-electron chi connectivity index (χ1n) is 7.74. The van der Waals surface area contributed by atoms with Crippen molar-refractivity contribution in [2.45, 2.75) is 13.2 Å². The van der Waals surface area contributed by atoms with Gasteiger partial charge in [0.05, 0.1) is 7.11 Å². The molecule has 0 spiro atoms. The van der Waals surface area contributed by atoms with E-state index in [1.54, 1.807) is 7.11 Å². The van der Waals surface area contributed by atoms with Gasteiger partial charge in [-0.15, -0.1) is 0 Å². The van der Waals surface area contributed by atoms with Gasteiger partial charge in [-0.2, -0.15) is 0 Å². The van der Waals surface area contributed by atoms with Crippen LogP contribution in [0.3, 0.4) is 0 Å². The van der Waals surface area contributed by atoms with Crippen LogP contribution in [0.4, 0.5) is 4.79 Å². The van der Waals surface area contributed by atoms with E-state index in [2.05, 4.69) is 5.32 Å². The van der Waals surface area contributed by atoms with Crippen molar-refractivity contribution >= 4 is 17.0 Å². The average molecular weight is 324 g/mol. The summed E-state index contributed by atoms with van der Waals surface area (Å²) in [6.45, 7) is 0.661. The van der Waals surface area contributed by atoms with Crippen molar-refractivity contribution in [1.82, 2.24) is 9.88 Å². The second-order valence-electron chi connectivity index (χ2n) is 5.56. The molecule has 2 aromatic carbocycles. The smallest absolute Gasteiger partial charge is 0.407 e. The molecule has 3 rings (SSSR count). The number of benzene rings is 2. The van der Waals surface area contributed by atoms with Gasteiger partial charge in [0.1, 0.15) is 12.4 Å². The minimum atomic E-state index is -0.432. The number of alkyl carbamates (subject to hydrolysis) is 1. The molecule has 0 aliphatic carbocycles. The van der Waals surface area contributed by atoms with Gasteiger partial charge in [0, 0.05) is 30.7 Å². The first-order valence-corrected chi connectivity index (χ1v) is 7.74. The van der Waals surface area contributed by atoms with Crippen LogP contribution in [0, 0.1) is 0 Å². The van der Waals surface area contributed by atoms with Gasteiger partial charge in [-0.25, -0.2) is 4.79 Å². The number of aryl methyl sites for hydroxylation is 1. The maximum absolute atomic E-state index is 11.9. The zero-order valence-electron chi connectivity index (χ0n) is 13.8. The molecule has 0 aliphatic heterocycles. The summed E-state index contributed by atoms with van der Waals surface area (Å²) >= 11 is 0. The number of hydrogen-bond acceptors (Lipinski definition) is 3. The van der Waals surface area contributed by atoms with Crippen molar-refractivity contribution < 1.29 is 14.3 Å². The van der Waals surface area contributed by atoms with Gasteiger partial charge in [0.15, 0.2) is 0 Å². The Hall–Kier alpha value is -2.95. The van der Waals surface area contributed by atoms with Crippen LogP contribution in [0.15, 0.2) is 54.7 Å². The third-order valence-electron chi connectivity index (χ3n) is 3.92. The van der Waals surface area contributed by atoms with E-state index in [1.807, 2.05) is 66.3 Å². The van der Waals surface area contributed by atoms with E-state index in [-0.39, 0.29) is 6.61 Å². The molecule has 0 unspecified atom stereocenters. The highest BCUT2D eigenvalue weighted by molar-refractivity contribution is 5.85. The van der Waals surface area contributed by atoms with Crippen molar-refractivity contribution in [3.05, 3.63) is 65.9 Å². The Morgan fingerprint density at radius 3 is 2.71 bits per heavy atom. The lowest BCUT2D eigenvalue weighted by Gasteiger charge is -2.07. The Bertz CT molecular complexity index is 840. The summed E-state index contributed by atoms with van der Waals surface area (Å²) < 4.78 is 12.5. The molecule has 1 heterocycles. The fourth-order valence-electron chi connectivity index (χ4n) is 2.66. The predicted octanol–water partition coefficient (Wildman–Crippen LogP) is 3.61. The van der Waals surface area contributed by atoms with Crippen LogP contribution < -0.4 is 10.1 Å². The van der Waals surface area contributed by atoms with E-state index in [0.29, 0.717) is 6.54 Å². The molecule has 0 saturated carbocycles. The van der Waals surface area contributed by atoms with Gasteiger partial charge in [0.2, 0.25) is 0 Å². The van der Waals surface area contributed by atoms with E-state index in [4.69, 9.17) is 9.47 Å². The minimum Gasteiger partial charge on any atom is -0.497 e. The molecule has 5 nitrogen and oxygen atoms in total. The summed E-state index contributed by atoms with van der Waals surface area (Å²) in [4.78, 5) is 11.9.